The molecule has 0 saturated carbocycles. The van der Waals surface area contributed by atoms with Gasteiger partial charge in [-0.1, -0.05) is 60.2 Å². The molecule has 0 atom stereocenters. The normalized spacial score (nSPS) is 10.4. The van der Waals surface area contributed by atoms with Crippen LogP contribution in [0.1, 0.15) is 11.1 Å². The second-order valence-corrected chi connectivity index (χ2v) is 5.73. The largest absolute Gasteiger partial charge is 0.250 e. The highest BCUT2D eigenvalue weighted by atomic mass is 15.1. The van der Waals surface area contributed by atoms with Gasteiger partial charge in [-0.2, -0.15) is 0 Å². The van der Waals surface area contributed by atoms with Crippen LogP contribution in [0.4, 0.5) is 0 Å². The average molecular weight is 308 g/mol. The minimum atomic E-state index is 0.875. The fourth-order valence-corrected chi connectivity index (χ4v) is 2.68. The molecule has 0 radical (unpaired) electrons. The van der Waals surface area contributed by atoms with Crippen molar-refractivity contribution in [1.82, 2.24) is 9.55 Å². The van der Waals surface area contributed by atoms with Crippen LogP contribution in [0, 0.1) is 18.9 Å². The van der Waals surface area contributed by atoms with Crippen molar-refractivity contribution < 1.29 is 0 Å². The summed E-state index contributed by atoms with van der Waals surface area (Å²) in [5, 5.41) is 0. The van der Waals surface area contributed by atoms with Crippen LogP contribution in [0.25, 0.3) is 22.4 Å². The lowest BCUT2D eigenvalue weighted by Crippen LogP contribution is -1.93. The van der Waals surface area contributed by atoms with Gasteiger partial charge in [0, 0.05) is 17.2 Å². The summed E-state index contributed by atoms with van der Waals surface area (Å²) in [6, 6.07) is 29.8. The van der Waals surface area contributed by atoms with E-state index < -0.39 is 0 Å². The molecule has 2 nitrogen and oxygen atoms in total. The predicted octanol–water partition coefficient (Wildman–Crippen LogP) is 4.87. The summed E-state index contributed by atoms with van der Waals surface area (Å²) in [4.78, 5) is 4.79. The second-order valence-electron chi connectivity index (χ2n) is 5.73. The van der Waals surface area contributed by atoms with E-state index in [2.05, 4.69) is 49.2 Å². The molecule has 1 heterocycles. The summed E-state index contributed by atoms with van der Waals surface area (Å²) < 4.78 is 1.98. The van der Waals surface area contributed by atoms with E-state index in [9.17, 15) is 0 Å². The number of hydrogen-bond donors (Lipinski definition) is 0. The summed E-state index contributed by atoms with van der Waals surface area (Å²) in [5.74, 6) is 4.11. The Labute approximate surface area is 141 Å². The zero-order valence-corrected chi connectivity index (χ0v) is 13.4. The predicted molar refractivity (Wildman–Crippen MR) is 98.6 cm³/mol. The third-order valence-corrected chi connectivity index (χ3v) is 3.96. The Balaban J connectivity index is 1.91. The number of fused-ring (bicyclic) bond motifs is 1. The van der Waals surface area contributed by atoms with E-state index >= 15 is 0 Å². The van der Waals surface area contributed by atoms with Crippen LogP contribution in [0.15, 0.2) is 78.9 Å². The molecule has 4 rings (SSSR count). The Morgan fingerprint density at radius 3 is 2.29 bits per heavy atom. The van der Waals surface area contributed by atoms with E-state index in [1.165, 1.54) is 5.56 Å². The molecule has 4 aromatic rings. The second kappa shape index (κ2) is 6.06. The molecule has 3 aromatic carbocycles. The van der Waals surface area contributed by atoms with Gasteiger partial charge in [0.25, 0.3) is 0 Å². The molecule has 0 fully saturated rings. The van der Waals surface area contributed by atoms with Crippen molar-refractivity contribution in [3.05, 3.63) is 90.0 Å². The summed E-state index contributed by atoms with van der Waals surface area (Å²) in [7, 11) is 0. The maximum Gasteiger partial charge on any atom is 0.152 e. The third kappa shape index (κ3) is 2.68. The third-order valence-electron chi connectivity index (χ3n) is 3.96. The molecular weight excluding hydrogens is 292 g/mol. The first-order valence-corrected chi connectivity index (χ1v) is 7.93. The smallest absolute Gasteiger partial charge is 0.152 e. The number of rotatable bonds is 1. The highest BCUT2D eigenvalue weighted by molar-refractivity contribution is 5.82. The quantitative estimate of drug-likeness (QED) is 0.459. The monoisotopic (exact) mass is 308 g/mol. The molecule has 2 heteroatoms. The van der Waals surface area contributed by atoms with E-state index in [1.54, 1.807) is 0 Å². The number of aromatic nitrogens is 2. The van der Waals surface area contributed by atoms with Gasteiger partial charge < -0.3 is 0 Å². The highest BCUT2D eigenvalue weighted by Gasteiger charge is 2.10. The Morgan fingerprint density at radius 2 is 1.50 bits per heavy atom. The maximum absolute atomic E-state index is 4.79. The van der Waals surface area contributed by atoms with Crippen LogP contribution in [0.2, 0.25) is 0 Å². The standard InChI is InChI=1S/C22H16N2/c1-17-11-13-19(14-12-17)22-23-20-9-5-6-10-21(20)24(22)16-15-18-7-3-2-4-8-18/h2-14H,1H3. The van der Waals surface area contributed by atoms with E-state index in [0.717, 1.165) is 28.0 Å². The lowest BCUT2D eigenvalue weighted by atomic mass is 10.1. The van der Waals surface area contributed by atoms with Gasteiger partial charge in [-0.25, -0.2) is 9.55 Å². The van der Waals surface area contributed by atoms with Crippen LogP contribution in [-0.2, 0) is 0 Å². The Kier molecular flexibility index (Phi) is 3.61. The molecule has 0 bridgehead atoms. The van der Waals surface area contributed by atoms with Crippen LogP contribution >= 0.6 is 0 Å². The summed E-state index contributed by atoms with van der Waals surface area (Å²) in [5.41, 5.74) is 5.27. The van der Waals surface area contributed by atoms with Crippen LogP contribution in [0.3, 0.4) is 0 Å². The van der Waals surface area contributed by atoms with E-state index in [1.807, 2.05) is 53.1 Å². The van der Waals surface area contributed by atoms with Crippen molar-refractivity contribution in [3.8, 4) is 23.4 Å². The van der Waals surface area contributed by atoms with Crippen molar-refractivity contribution in [2.24, 2.45) is 0 Å². The van der Waals surface area contributed by atoms with Crippen molar-refractivity contribution in [1.29, 1.82) is 0 Å². The zero-order chi connectivity index (χ0) is 16.4. The van der Waals surface area contributed by atoms with Gasteiger partial charge in [-0.05, 0) is 37.1 Å². The van der Waals surface area contributed by atoms with Gasteiger partial charge in [0.2, 0.25) is 0 Å². The summed E-state index contributed by atoms with van der Waals surface area (Å²) >= 11 is 0. The molecule has 0 unspecified atom stereocenters. The van der Waals surface area contributed by atoms with Crippen LogP contribution in [-0.4, -0.2) is 9.55 Å². The van der Waals surface area contributed by atoms with Gasteiger partial charge in [0.1, 0.15) is 0 Å². The minimum absolute atomic E-state index is 0.875. The SMILES string of the molecule is Cc1ccc(-c2nc3ccccc3n2C#Cc2ccccc2)cc1. The first-order valence-electron chi connectivity index (χ1n) is 7.93. The number of benzene rings is 3. The van der Waals surface area contributed by atoms with Crippen LogP contribution < -0.4 is 0 Å². The Bertz CT molecular complexity index is 1050. The molecule has 0 aliphatic carbocycles. The number of hydrogen-bond acceptors (Lipinski definition) is 1. The number of aryl methyl sites for hydroxylation is 1. The number of imidazole rings is 1. The van der Waals surface area contributed by atoms with E-state index in [4.69, 9.17) is 4.98 Å². The van der Waals surface area contributed by atoms with Crippen molar-refractivity contribution in [2.75, 3.05) is 0 Å². The van der Waals surface area contributed by atoms with Gasteiger partial charge in [-0.15, -0.1) is 0 Å². The number of para-hydroxylation sites is 2. The fourth-order valence-electron chi connectivity index (χ4n) is 2.68. The van der Waals surface area contributed by atoms with Crippen LogP contribution in [0.5, 0.6) is 0 Å². The highest BCUT2D eigenvalue weighted by Crippen LogP contribution is 2.24. The molecule has 114 valence electrons. The first-order chi connectivity index (χ1) is 11.8. The van der Waals surface area contributed by atoms with Gasteiger partial charge >= 0.3 is 0 Å². The molecule has 0 aliphatic rings. The molecule has 0 aliphatic heterocycles. The summed E-state index contributed by atoms with van der Waals surface area (Å²) in [6.45, 7) is 2.09. The van der Waals surface area contributed by atoms with Crippen molar-refractivity contribution in [3.63, 3.8) is 0 Å². The first kappa shape index (κ1) is 14.3. The van der Waals surface area contributed by atoms with Crippen molar-refractivity contribution in [2.45, 2.75) is 6.92 Å². The van der Waals surface area contributed by atoms with E-state index in [-0.39, 0.29) is 0 Å². The molecule has 0 saturated heterocycles. The lowest BCUT2D eigenvalue weighted by molar-refractivity contribution is 1.16. The molecule has 0 N–H and O–H groups in total. The molecule has 0 amide bonds. The molecule has 1 aromatic heterocycles. The lowest BCUT2D eigenvalue weighted by Gasteiger charge is -2.02. The Hall–Kier alpha value is -3.31. The maximum atomic E-state index is 4.79. The van der Waals surface area contributed by atoms with E-state index in [0.29, 0.717) is 0 Å². The molecule has 0 spiro atoms. The molecular formula is C22H16N2. The molecule has 24 heavy (non-hydrogen) atoms. The van der Waals surface area contributed by atoms with Gasteiger partial charge in [0.05, 0.1) is 11.0 Å². The fraction of sp³-hybridized carbons (Fsp3) is 0.0455. The number of nitrogens with zero attached hydrogens (tertiary/aromatic N) is 2. The average Bonchev–Trinajstić information content (AvgIpc) is 3.00. The minimum Gasteiger partial charge on any atom is -0.250 e. The van der Waals surface area contributed by atoms with Crippen molar-refractivity contribution >= 4 is 11.0 Å². The topological polar surface area (TPSA) is 17.8 Å². The van der Waals surface area contributed by atoms with Gasteiger partial charge in [-0.3, -0.25) is 0 Å². The van der Waals surface area contributed by atoms with Gasteiger partial charge in [0.15, 0.2) is 5.82 Å². The zero-order valence-electron chi connectivity index (χ0n) is 13.4. The Morgan fingerprint density at radius 1 is 0.792 bits per heavy atom. The summed E-state index contributed by atoms with van der Waals surface area (Å²) in [6.07, 6.45) is 0.